The lowest BCUT2D eigenvalue weighted by molar-refractivity contribution is 0.355. The number of aryl methyl sites for hydroxylation is 1. The summed E-state index contributed by atoms with van der Waals surface area (Å²) in [5.74, 6) is 1.53. The summed E-state index contributed by atoms with van der Waals surface area (Å²) in [6, 6.07) is 3.67. The van der Waals surface area contributed by atoms with Gasteiger partial charge in [0.1, 0.15) is 5.82 Å². The van der Waals surface area contributed by atoms with E-state index in [4.69, 9.17) is 14.5 Å². The molecule has 0 aliphatic carbocycles. The lowest BCUT2D eigenvalue weighted by Gasteiger charge is -2.19. The molecule has 32 heavy (non-hydrogen) atoms. The normalized spacial score (nSPS) is 12.2. The van der Waals surface area contributed by atoms with Crippen LogP contribution in [0, 0.1) is 0 Å². The zero-order chi connectivity index (χ0) is 23.6. The van der Waals surface area contributed by atoms with Gasteiger partial charge in [-0.3, -0.25) is 13.9 Å². The van der Waals surface area contributed by atoms with E-state index >= 15 is 0 Å². The van der Waals surface area contributed by atoms with Gasteiger partial charge in [0.15, 0.2) is 22.7 Å². The molecule has 3 rings (SSSR count). The van der Waals surface area contributed by atoms with Crippen molar-refractivity contribution < 1.29 is 9.47 Å². The van der Waals surface area contributed by atoms with Crippen LogP contribution in [0.2, 0.25) is 0 Å². The van der Waals surface area contributed by atoms with Crippen molar-refractivity contribution in [3.63, 3.8) is 0 Å². The van der Waals surface area contributed by atoms with Crippen molar-refractivity contribution in [3.05, 3.63) is 45.1 Å². The summed E-state index contributed by atoms with van der Waals surface area (Å²) < 4.78 is 15.9. The Labute approximate surface area is 195 Å². The molecule has 2 heterocycles. The predicted molar refractivity (Wildman–Crippen MR) is 131 cm³/mol. The lowest BCUT2D eigenvalue weighted by atomic mass is 10.0. The first-order valence-corrected chi connectivity index (χ1v) is 11.6. The van der Waals surface area contributed by atoms with Gasteiger partial charge in [0.25, 0.3) is 5.56 Å². The maximum atomic E-state index is 13.4. The van der Waals surface area contributed by atoms with Crippen LogP contribution in [0.3, 0.4) is 0 Å². The third-order valence-electron chi connectivity index (χ3n) is 5.52. The highest BCUT2D eigenvalue weighted by Gasteiger charge is 2.28. The summed E-state index contributed by atoms with van der Waals surface area (Å²) in [5, 5.41) is 0. The van der Waals surface area contributed by atoms with E-state index in [1.165, 1.54) is 9.13 Å². The average molecular weight is 505 g/mol. The van der Waals surface area contributed by atoms with Crippen molar-refractivity contribution in [3.8, 4) is 22.9 Å². The van der Waals surface area contributed by atoms with Gasteiger partial charge in [-0.05, 0) is 31.9 Å². The van der Waals surface area contributed by atoms with Crippen molar-refractivity contribution in [2.45, 2.75) is 51.7 Å². The SMILES string of the molecule is C=Cc1ccc(OC)c(OC)c1-c1nc2c(c(=O)n(CC)c(=O)n2CC)n1C(Br)CCC. The molecular formula is C23H29BrN4O4. The molecule has 0 aliphatic rings. The topological polar surface area (TPSA) is 80.3 Å². The van der Waals surface area contributed by atoms with Crippen LogP contribution >= 0.6 is 15.9 Å². The molecule has 0 saturated carbocycles. The number of methoxy groups -OCH3 is 2. The first-order valence-electron chi connectivity index (χ1n) is 10.7. The third-order valence-corrected chi connectivity index (χ3v) is 6.39. The van der Waals surface area contributed by atoms with Crippen molar-refractivity contribution in [1.29, 1.82) is 0 Å². The second kappa shape index (κ2) is 9.77. The molecule has 0 spiro atoms. The Kier molecular flexibility index (Phi) is 7.28. The van der Waals surface area contributed by atoms with Crippen LogP contribution in [0.15, 0.2) is 28.3 Å². The van der Waals surface area contributed by atoms with Gasteiger partial charge in [-0.15, -0.1) is 0 Å². The predicted octanol–water partition coefficient (Wildman–Crippen LogP) is 4.42. The highest BCUT2D eigenvalue weighted by Crippen LogP contribution is 2.43. The molecule has 2 aromatic heterocycles. The fourth-order valence-corrected chi connectivity index (χ4v) is 4.84. The van der Waals surface area contributed by atoms with Crippen LogP contribution in [0.5, 0.6) is 11.5 Å². The number of halogens is 1. The molecule has 0 aliphatic heterocycles. The van der Waals surface area contributed by atoms with Gasteiger partial charge in [-0.1, -0.05) is 48.0 Å². The van der Waals surface area contributed by atoms with E-state index in [-0.39, 0.29) is 22.7 Å². The van der Waals surface area contributed by atoms with Crippen molar-refractivity contribution in [2.75, 3.05) is 14.2 Å². The minimum atomic E-state index is -0.369. The molecule has 0 N–H and O–H groups in total. The molecule has 0 fully saturated rings. The van der Waals surface area contributed by atoms with E-state index < -0.39 is 0 Å². The van der Waals surface area contributed by atoms with Gasteiger partial charge in [-0.25, -0.2) is 9.78 Å². The van der Waals surface area contributed by atoms with E-state index in [9.17, 15) is 9.59 Å². The molecule has 0 radical (unpaired) electrons. The summed E-state index contributed by atoms with van der Waals surface area (Å²) >= 11 is 3.76. The molecule has 0 bridgehead atoms. The van der Waals surface area contributed by atoms with Gasteiger partial charge >= 0.3 is 5.69 Å². The largest absolute Gasteiger partial charge is 0.493 e. The molecule has 0 amide bonds. The molecule has 1 aromatic carbocycles. The minimum absolute atomic E-state index is 0.220. The Balaban J connectivity index is 2.61. The molecule has 9 heteroatoms. The maximum Gasteiger partial charge on any atom is 0.332 e. The minimum Gasteiger partial charge on any atom is -0.493 e. The quantitative estimate of drug-likeness (QED) is 0.403. The molecule has 3 aromatic rings. The van der Waals surface area contributed by atoms with Crippen molar-refractivity contribution >= 4 is 33.2 Å². The fraction of sp³-hybridized carbons (Fsp3) is 0.435. The number of alkyl halides is 1. The molecule has 0 saturated heterocycles. The molecule has 1 atom stereocenters. The number of rotatable bonds is 9. The van der Waals surface area contributed by atoms with E-state index in [1.54, 1.807) is 33.3 Å². The highest BCUT2D eigenvalue weighted by molar-refractivity contribution is 9.09. The average Bonchev–Trinajstić information content (AvgIpc) is 3.19. The summed E-state index contributed by atoms with van der Waals surface area (Å²) in [4.78, 5) is 31.0. The monoisotopic (exact) mass is 504 g/mol. The van der Waals surface area contributed by atoms with Crippen LogP contribution in [0.4, 0.5) is 0 Å². The van der Waals surface area contributed by atoms with Gasteiger partial charge < -0.3 is 14.0 Å². The number of benzene rings is 1. The number of aromatic nitrogens is 4. The maximum absolute atomic E-state index is 13.4. The summed E-state index contributed by atoms with van der Waals surface area (Å²) in [6.07, 6.45) is 3.35. The lowest BCUT2D eigenvalue weighted by Crippen LogP contribution is -2.40. The van der Waals surface area contributed by atoms with E-state index in [0.29, 0.717) is 40.6 Å². The molecule has 172 valence electrons. The second-order valence-corrected chi connectivity index (χ2v) is 8.30. The first-order chi connectivity index (χ1) is 15.4. The molecular weight excluding hydrogens is 476 g/mol. The second-order valence-electron chi connectivity index (χ2n) is 7.25. The van der Waals surface area contributed by atoms with Crippen molar-refractivity contribution in [2.24, 2.45) is 0 Å². The van der Waals surface area contributed by atoms with E-state index in [2.05, 4.69) is 29.4 Å². The fourth-order valence-electron chi connectivity index (χ4n) is 3.98. The van der Waals surface area contributed by atoms with E-state index in [0.717, 1.165) is 18.4 Å². The van der Waals surface area contributed by atoms with Gasteiger partial charge in [0, 0.05) is 13.1 Å². The number of fused-ring (bicyclic) bond motifs is 1. The Morgan fingerprint density at radius 1 is 1.12 bits per heavy atom. The Hall–Kier alpha value is -2.81. The number of nitrogens with zero attached hydrogens (tertiary/aromatic N) is 4. The zero-order valence-electron chi connectivity index (χ0n) is 19.1. The third kappa shape index (κ3) is 3.68. The first kappa shape index (κ1) is 23.8. The van der Waals surface area contributed by atoms with Crippen LogP contribution in [-0.2, 0) is 13.1 Å². The smallest absolute Gasteiger partial charge is 0.332 e. The number of hydrogen-bond donors (Lipinski definition) is 0. The van der Waals surface area contributed by atoms with E-state index in [1.807, 2.05) is 17.6 Å². The van der Waals surface area contributed by atoms with Crippen LogP contribution in [0.1, 0.15) is 44.1 Å². The number of imidazole rings is 1. The number of hydrogen-bond acceptors (Lipinski definition) is 5. The molecule has 8 nitrogen and oxygen atoms in total. The summed E-state index contributed by atoms with van der Waals surface area (Å²) in [7, 11) is 3.13. The van der Waals surface area contributed by atoms with Gasteiger partial charge in [0.05, 0.1) is 24.7 Å². The standard InChI is InChI=1S/C23H29BrN4O4/c1-7-11-16(24)28-18-21(26(9-3)23(30)27(10-4)22(18)29)25-20(28)17-14(8-2)12-13-15(31-5)19(17)32-6/h8,12-13,16H,2,7,9-11H2,1,3-6H3. The van der Waals surface area contributed by atoms with Gasteiger partial charge in [0.2, 0.25) is 0 Å². The highest BCUT2D eigenvalue weighted by atomic mass is 79.9. The Bertz CT molecular complexity index is 1270. The Morgan fingerprint density at radius 3 is 2.34 bits per heavy atom. The molecule has 1 unspecified atom stereocenters. The van der Waals surface area contributed by atoms with Crippen molar-refractivity contribution in [1.82, 2.24) is 18.7 Å². The summed E-state index contributed by atoms with van der Waals surface area (Å²) in [5.41, 5.74) is 1.42. The van der Waals surface area contributed by atoms with Crippen LogP contribution in [0.25, 0.3) is 28.6 Å². The number of ether oxygens (including phenoxy) is 2. The van der Waals surface area contributed by atoms with Gasteiger partial charge in [-0.2, -0.15) is 0 Å². The van der Waals surface area contributed by atoms with Crippen LogP contribution < -0.4 is 20.7 Å². The van der Waals surface area contributed by atoms with Crippen LogP contribution in [-0.4, -0.2) is 32.9 Å². The summed E-state index contributed by atoms with van der Waals surface area (Å²) in [6.45, 7) is 10.3. The zero-order valence-corrected chi connectivity index (χ0v) is 20.7. The Morgan fingerprint density at radius 2 is 1.81 bits per heavy atom.